The number of aryl methyl sites for hydroxylation is 1. The molecule has 1 fully saturated rings. The molecular weight excluding hydrogens is 455 g/mol. The zero-order valence-corrected chi connectivity index (χ0v) is 17.6. The molecule has 0 saturated heterocycles. The number of benzene rings is 1. The maximum Gasteiger partial charge on any atom is 0.435 e. The van der Waals surface area contributed by atoms with Gasteiger partial charge < -0.3 is 5.11 Å². The molecule has 2 N–H and O–H groups in total. The van der Waals surface area contributed by atoms with E-state index in [-0.39, 0.29) is 21.2 Å². The van der Waals surface area contributed by atoms with E-state index in [1.807, 2.05) is 0 Å². The third-order valence-electron chi connectivity index (χ3n) is 5.13. The number of carboxylic acid groups (broad SMARTS) is 1. The van der Waals surface area contributed by atoms with Gasteiger partial charge in [-0.25, -0.2) is 8.42 Å². The van der Waals surface area contributed by atoms with Crippen molar-refractivity contribution in [3.05, 3.63) is 59.8 Å². The average Bonchev–Trinajstić information content (AvgIpc) is 3.02. The Bertz CT molecular complexity index is 1250. The lowest BCUT2D eigenvalue weighted by molar-refractivity contribution is -0.141. The van der Waals surface area contributed by atoms with Crippen LogP contribution in [0.1, 0.15) is 23.6 Å². The molecule has 4 rings (SSSR count). The summed E-state index contributed by atoms with van der Waals surface area (Å²) in [5, 5.41) is 13.1. The van der Waals surface area contributed by atoms with Crippen molar-refractivity contribution in [1.29, 1.82) is 0 Å². The highest BCUT2D eigenvalue weighted by Gasteiger charge is 2.63. The van der Waals surface area contributed by atoms with Crippen LogP contribution < -0.4 is 4.72 Å². The Kier molecular flexibility index (Phi) is 4.98. The molecule has 0 amide bonds. The van der Waals surface area contributed by atoms with Crippen molar-refractivity contribution in [2.24, 2.45) is 7.05 Å². The molecule has 7 nitrogen and oxygen atoms in total. The lowest BCUT2D eigenvalue weighted by Gasteiger charge is -2.14. The van der Waals surface area contributed by atoms with E-state index in [0.717, 1.165) is 22.1 Å². The zero-order valence-electron chi connectivity index (χ0n) is 15.9. The lowest BCUT2D eigenvalue weighted by Crippen LogP contribution is -2.44. The molecule has 0 unspecified atom stereocenters. The summed E-state index contributed by atoms with van der Waals surface area (Å²) in [6.45, 7) is 0. The summed E-state index contributed by atoms with van der Waals surface area (Å²) < 4.78 is 67.6. The lowest BCUT2D eigenvalue weighted by atomic mass is 10.1. The first-order valence-corrected chi connectivity index (χ1v) is 11.3. The molecule has 0 spiro atoms. The van der Waals surface area contributed by atoms with E-state index < -0.39 is 39.3 Å². The molecule has 0 radical (unpaired) electrons. The number of thiophene rings is 1. The number of halogens is 3. The quantitative estimate of drug-likeness (QED) is 0.574. The Morgan fingerprint density at radius 3 is 2.52 bits per heavy atom. The van der Waals surface area contributed by atoms with Crippen LogP contribution in [0, 0.1) is 0 Å². The van der Waals surface area contributed by atoms with Gasteiger partial charge in [-0.3, -0.25) is 9.48 Å². The Balaban J connectivity index is 1.62. The summed E-state index contributed by atoms with van der Waals surface area (Å²) >= 11 is 0.737. The fraction of sp³-hybridized carbons (Fsp3) is 0.263. The van der Waals surface area contributed by atoms with E-state index >= 15 is 0 Å². The predicted octanol–water partition coefficient (Wildman–Crippen LogP) is 3.46. The predicted molar refractivity (Wildman–Crippen MR) is 106 cm³/mol. The summed E-state index contributed by atoms with van der Waals surface area (Å²) in [5.41, 5.74) is -1.95. The standard InChI is InChI=1S/C19H16F3N3O4S2/c1-25-13(9-15(23-25)19(20,21)22)14-7-8-16(30-14)31(28,29)24-18(17(26)27)10-12(18)11-5-3-2-4-6-11/h2-9,12,24H,10H2,1H3,(H,26,27)/t12-,18+/m0/s1. The first-order chi connectivity index (χ1) is 14.4. The minimum Gasteiger partial charge on any atom is -0.480 e. The maximum absolute atomic E-state index is 12.9. The van der Waals surface area contributed by atoms with Gasteiger partial charge in [0.15, 0.2) is 5.69 Å². The van der Waals surface area contributed by atoms with E-state index in [9.17, 15) is 31.5 Å². The molecule has 2 aromatic heterocycles. The minimum atomic E-state index is -4.63. The van der Waals surface area contributed by atoms with E-state index in [1.54, 1.807) is 30.3 Å². The van der Waals surface area contributed by atoms with Gasteiger partial charge in [-0.05, 0) is 30.2 Å². The van der Waals surface area contributed by atoms with Gasteiger partial charge in [0.25, 0.3) is 10.0 Å². The van der Waals surface area contributed by atoms with Crippen LogP contribution in [0.5, 0.6) is 0 Å². The molecule has 2 atom stereocenters. The normalized spacial score (nSPS) is 21.2. The van der Waals surface area contributed by atoms with Gasteiger partial charge >= 0.3 is 12.1 Å². The van der Waals surface area contributed by atoms with Crippen molar-refractivity contribution < 1.29 is 31.5 Å². The molecular formula is C19H16F3N3O4S2. The summed E-state index contributed by atoms with van der Waals surface area (Å²) in [5.74, 6) is -1.81. The third kappa shape index (κ3) is 3.86. The summed E-state index contributed by atoms with van der Waals surface area (Å²) in [7, 11) is -2.90. The average molecular weight is 471 g/mol. The molecule has 2 heterocycles. The van der Waals surface area contributed by atoms with Crippen LogP contribution in [0.4, 0.5) is 13.2 Å². The topological polar surface area (TPSA) is 101 Å². The van der Waals surface area contributed by atoms with Gasteiger partial charge in [-0.2, -0.15) is 23.0 Å². The fourth-order valence-electron chi connectivity index (χ4n) is 3.47. The number of aromatic nitrogens is 2. The monoisotopic (exact) mass is 471 g/mol. The van der Waals surface area contributed by atoms with Crippen LogP contribution in [0.2, 0.25) is 0 Å². The number of aliphatic carboxylic acids is 1. The number of rotatable bonds is 6. The van der Waals surface area contributed by atoms with Crippen LogP contribution in [-0.2, 0) is 28.0 Å². The van der Waals surface area contributed by atoms with Crippen molar-refractivity contribution in [3.8, 4) is 10.6 Å². The van der Waals surface area contributed by atoms with Crippen LogP contribution in [0.25, 0.3) is 10.6 Å². The van der Waals surface area contributed by atoms with Crippen LogP contribution in [-0.4, -0.2) is 34.8 Å². The number of nitrogens with zero attached hydrogens (tertiary/aromatic N) is 2. The van der Waals surface area contributed by atoms with E-state index in [0.29, 0.717) is 5.56 Å². The van der Waals surface area contributed by atoms with E-state index in [1.165, 1.54) is 19.2 Å². The molecule has 1 aliphatic carbocycles. The number of nitrogens with one attached hydrogen (secondary N) is 1. The number of hydrogen-bond acceptors (Lipinski definition) is 5. The zero-order chi connectivity index (χ0) is 22.6. The molecule has 1 saturated carbocycles. The summed E-state index contributed by atoms with van der Waals surface area (Å²) in [6, 6.07) is 12.1. The second kappa shape index (κ2) is 7.18. The van der Waals surface area contributed by atoms with Crippen molar-refractivity contribution in [2.75, 3.05) is 0 Å². The minimum absolute atomic E-state index is 0.0975. The highest BCUT2D eigenvalue weighted by Crippen LogP contribution is 2.52. The molecule has 31 heavy (non-hydrogen) atoms. The molecule has 0 aliphatic heterocycles. The number of hydrogen-bond donors (Lipinski definition) is 2. The molecule has 0 bridgehead atoms. The Hall–Kier alpha value is -2.70. The highest BCUT2D eigenvalue weighted by molar-refractivity contribution is 7.91. The molecule has 164 valence electrons. The highest BCUT2D eigenvalue weighted by atomic mass is 32.2. The number of carboxylic acids is 1. The van der Waals surface area contributed by atoms with Crippen LogP contribution in [0.3, 0.4) is 0 Å². The smallest absolute Gasteiger partial charge is 0.435 e. The van der Waals surface area contributed by atoms with Crippen molar-refractivity contribution >= 4 is 27.3 Å². The Labute approximate surface area is 179 Å². The first kappa shape index (κ1) is 21.5. The fourth-order valence-corrected chi connectivity index (χ4v) is 6.23. The van der Waals surface area contributed by atoms with Gasteiger partial charge in [0.1, 0.15) is 9.75 Å². The Morgan fingerprint density at radius 2 is 1.94 bits per heavy atom. The summed E-state index contributed by atoms with van der Waals surface area (Å²) in [6.07, 6.45) is -4.53. The molecule has 12 heteroatoms. The largest absolute Gasteiger partial charge is 0.480 e. The van der Waals surface area contributed by atoms with Crippen LogP contribution in [0.15, 0.2) is 52.7 Å². The van der Waals surface area contributed by atoms with Gasteiger partial charge in [0.05, 0.1) is 10.6 Å². The van der Waals surface area contributed by atoms with E-state index in [2.05, 4.69) is 9.82 Å². The van der Waals surface area contributed by atoms with Crippen molar-refractivity contribution in [3.63, 3.8) is 0 Å². The number of sulfonamides is 1. The van der Waals surface area contributed by atoms with Gasteiger partial charge in [-0.15, -0.1) is 11.3 Å². The Morgan fingerprint density at radius 1 is 1.26 bits per heavy atom. The van der Waals surface area contributed by atoms with Gasteiger partial charge in [-0.1, -0.05) is 30.3 Å². The molecule has 1 aromatic carbocycles. The maximum atomic E-state index is 12.9. The first-order valence-electron chi connectivity index (χ1n) is 8.98. The van der Waals surface area contributed by atoms with Gasteiger partial charge in [0, 0.05) is 13.0 Å². The summed E-state index contributed by atoms with van der Waals surface area (Å²) in [4.78, 5) is 12.2. The number of alkyl halides is 3. The van der Waals surface area contributed by atoms with Gasteiger partial charge in [0.2, 0.25) is 0 Å². The number of carbonyl (C=O) groups is 1. The molecule has 1 aliphatic rings. The van der Waals surface area contributed by atoms with Crippen molar-refractivity contribution in [2.45, 2.75) is 28.3 Å². The SMILES string of the molecule is Cn1nc(C(F)(F)F)cc1-c1ccc(S(=O)(=O)N[C@]2(C(=O)O)C[C@H]2c2ccccc2)s1. The second-order valence-electron chi connectivity index (χ2n) is 7.20. The second-order valence-corrected chi connectivity index (χ2v) is 10.2. The van der Waals surface area contributed by atoms with E-state index in [4.69, 9.17) is 0 Å². The third-order valence-corrected chi connectivity index (χ3v) is 8.24. The molecule has 3 aromatic rings. The van der Waals surface area contributed by atoms with Crippen molar-refractivity contribution in [1.82, 2.24) is 14.5 Å². The van der Waals surface area contributed by atoms with Crippen LogP contribution >= 0.6 is 11.3 Å².